The number of aryl methyl sites for hydroxylation is 1. The highest BCUT2D eigenvalue weighted by Crippen LogP contribution is 2.33. The smallest absolute Gasteiger partial charge is 0.0478 e. The van der Waals surface area contributed by atoms with E-state index in [1.807, 2.05) is 0 Å². The van der Waals surface area contributed by atoms with Crippen LogP contribution in [-0.2, 0) is 6.42 Å². The fourth-order valence-electron chi connectivity index (χ4n) is 4.04. The maximum atomic E-state index is 3.62. The molecule has 3 rings (SSSR count). The van der Waals surface area contributed by atoms with E-state index in [2.05, 4.69) is 48.5 Å². The van der Waals surface area contributed by atoms with Gasteiger partial charge in [-0.2, -0.15) is 0 Å². The Hall–Kier alpha value is -0.860. The van der Waals surface area contributed by atoms with E-state index in [4.69, 9.17) is 0 Å². The number of likely N-dealkylation sites (tertiary alicyclic amines) is 1. The minimum Gasteiger partial charge on any atom is -0.312 e. The summed E-state index contributed by atoms with van der Waals surface area (Å²) in [7, 11) is 2.13. The third-order valence-electron chi connectivity index (χ3n) is 5.32. The summed E-state index contributed by atoms with van der Waals surface area (Å²) in [4.78, 5) is 2.75. The van der Waals surface area contributed by atoms with Gasteiger partial charge in [0.05, 0.1) is 0 Å². The van der Waals surface area contributed by atoms with Gasteiger partial charge < -0.3 is 5.32 Å². The Kier molecular flexibility index (Phi) is 4.42. The number of fused-ring (bicyclic) bond motifs is 1. The number of nitrogens with zero attached hydrogens (tertiary/aromatic N) is 1. The largest absolute Gasteiger partial charge is 0.312 e. The summed E-state index contributed by atoms with van der Waals surface area (Å²) in [5.74, 6) is 0.914. The summed E-state index contributed by atoms with van der Waals surface area (Å²) in [5, 5.41) is 3.62. The first kappa shape index (κ1) is 14.1. The molecule has 0 bridgehead atoms. The Morgan fingerprint density at radius 3 is 2.60 bits per heavy atom. The molecule has 0 aromatic heterocycles. The summed E-state index contributed by atoms with van der Waals surface area (Å²) in [6.07, 6.45) is 6.64. The maximum absolute atomic E-state index is 3.62. The SMILES string of the molecule is CNC1c2ccccc2CCCC1N1CCC(C)CC1. The Morgan fingerprint density at radius 2 is 1.85 bits per heavy atom. The highest BCUT2D eigenvalue weighted by Gasteiger charge is 2.32. The molecule has 1 fully saturated rings. The molecule has 0 amide bonds. The molecular weight excluding hydrogens is 244 g/mol. The molecule has 110 valence electrons. The van der Waals surface area contributed by atoms with E-state index in [1.54, 1.807) is 5.56 Å². The maximum Gasteiger partial charge on any atom is 0.0478 e. The third-order valence-corrected chi connectivity index (χ3v) is 5.32. The molecule has 0 radical (unpaired) electrons. The molecule has 0 spiro atoms. The van der Waals surface area contributed by atoms with E-state index in [-0.39, 0.29) is 0 Å². The van der Waals surface area contributed by atoms with Crippen LogP contribution >= 0.6 is 0 Å². The van der Waals surface area contributed by atoms with Crippen LogP contribution < -0.4 is 5.32 Å². The molecule has 1 aromatic carbocycles. The number of piperidine rings is 1. The lowest BCUT2D eigenvalue weighted by atomic mass is 9.92. The Bertz CT molecular complexity index is 435. The molecular formula is C18H28N2. The minimum absolute atomic E-state index is 0.502. The van der Waals surface area contributed by atoms with Gasteiger partial charge in [0.2, 0.25) is 0 Å². The molecule has 1 saturated heterocycles. The Balaban J connectivity index is 1.84. The number of hydrogen-bond acceptors (Lipinski definition) is 2. The second-order valence-corrected chi connectivity index (χ2v) is 6.64. The van der Waals surface area contributed by atoms with Gasteiger partial charge in [-0.05, 0) is 69.3 Å². The van der Waals surface area contributed by atoms with E-state index in [0.29, 0.717) is 12.1 Å². The second kappa shape index (κ2) is 6.28. The van der Waals surface area contributed by atoms with Gasteiger partial charge in [-0.15, -0.1) is 0 Å². The van der Waals surface area contributed by atoms with Gasteiger partial charge in [0.15, 0.2) is 0 Å². The second-order valence-electron chi connectivity index (χ2n) is 6.64. The first-order chi connectivity index (χ1) is 9.79. The predicted molar refractivity (Wildman–Crippen MR) is 84.9 cm³/mol. The molecule has 1 heterocycles. The Morgan fingerprint density at radius 1 is 1.10 bits per heavy atom. The average Bonchev–Trinajstić information content (AvgIpc) is 2.67. The molecule has 0 saturated carbocycles. The topological polar surface area (TPSA) is 15.3 Å². The molecule has 20 heavy (non-hydrogen) atoms. The first-order valence-corrected chi connectivity index (χ1v) is 8.28. The molecule has 2 unspecified atom stereocenters. The van der Waals surface area contributed by atoms with E-state index >= 15 is 0 Å². The van der Waals surface area contributed by atoms with Gasteiger partial charge in [-0.1, -0.05) is 31.2 Å². The van der Waals surface area contributed by atoms with Crippen LogP contribution in [0.5, 0.6) is 0 Å². The molecule has 1 N–H and O–H groups in total. The number of rotatable bonds is 2. The van der Waals surface area contributed by atoms with Crippen LogP contribution in [0.3, 0.4) is 0 Å². The van der Waals surface area contributed by atoms with Crippen LogP contribution in [0, 0.1) is 5.92 Å². The summed E-state index contributed by atoms with van der Waals surface area (Å²) >= 11 is 0. The van der Waals surface area contributed by atoms with Crippen LogP contribution in [-0.4, -0.2) is 31.1 Å². The lowest BCUT2D eigenvalue weighted by Gasteiger charge is -2.40. The van der Waals surface area contributed by atoms with Crippen LogP contribution in [0.15, 0.2) is 24.3 Å². The monoisotopic (exact) mass is 272 g/mol. The Labute approximate surface area is 123 Å². The summed E-state index contributed by atoms with van der Waals surface area (Å²) in [6, 6.07) is 10.2. The van der Waals surface area contributed by atoms with Crippen LogP contribution in [0.1, 0.15) is 49.8 Å². The van der Waals surface area contributed by atoms with Crippen molar-refractivity contribution in [3.05, 3.63) is 35.4 Å². The molecule has 2 aliphatic rings. The van der Waals surface area contributed by atoms with Crippen LogP contribution in [0.25, 0.3) is 0 Å². The van der Waals surface area contributed by atoms with Crippen LogP contribution in [0.2, 0.25) is 0 Å². The number of hydrogen-bond donors (Lipinski definition) is 1. The molecule has 1 aliphatic heterocycles. The van der Waals surface area contributed by atoms with Crippen LogP contribution in [0.4, 0.5) is 0 Å². The molecule has 2 nitrogen and oxygen atoms in total. The molecule has 1 aliphatic carbocycles. The van der Waals surface area contributed by atoms with E-state index in [1.165, 1.54) is 50.8 Å². The third kappa shape index (κ3) is 2.77. The van der Waals surface area contributed by atoms with Crippen molar-refractivity contribution in [2.75, 3.05) is 20.1 Å². The highest BCUT2D eigenvalue weighted by atomic mass is 15.2. The van der Waals surface area contributed by atoms with Gasteiger partial charge in [-0.3, -0.25) is 4.90 Å². The van der Waals surface area contributed by atoms with Crippen molar-refractivity contribution in [2.45, 2.75) is 51.1 Å². The van der Waals surface area contributed by atoms with Crippen molar-refractivity contribution in [1.29, 1.82) is 0 Å². The molecule has 2 heteroatoms. The zero-order chi connectivity index (χ0) is 13.9. The highest BCUT2D eigenvalue weighted by molar-refractivity contribution is 5.32. The van der Waals surface area contributed by atoms with Gasteiger partial charge in [0.25, 0.3) is 0 Å². The van der Waals surface area contributed by atoms with E-state index in [0.717, 1.165) is 5.92 Å². The standard InChI is InChI=1S/C18H28N2/c1-14-10-12-20(13-11-14)17-9-5-7-15-6-3-4-8-16(15)18(17)19-2/h3-4,6,8,14,17-19H,5,7,9-13H2,1-2H3. The zero-order valence-corrected chi connectivity index (χ0v) is 12.9. The number of benzene rings is 1. The predicted octanol–water partition coefficient (Wildman–Crippen LogP) is 3.38. The van der Waals surface area contributed by atoms with Crippen molar-refractivity contribution < 1.29 is 0 Å². The van der Waals surface area contributed by atoms with Crippen molar-refractivity contribution in [1.82, 2.24) is 10.2 Å². The summed E-state index contributed by atoms with van der Waals surface area (Å²) in [6.45, 7) is 4.97. The van der Waals surface area contributed by atoms with E-state index < -0.39 is 0 Å². The van der Waals surface area contributed by atoms with Gasteiger partial charge in [0, 0.05) is 12.1 Å². The van der Waals surface area contributed by atoms with Gasteiger partial charge >= 0.3 is 0 Å². The molecule has 1 aromatic rings. The zero-order valence-electron chi connectivity index (χ0n) is 12.9. The lowest BCUT2D eigenvalue weighted by Crippen LogP contribution is -2.47. The van der Waals surface area contributed by atoms with Crippen molar-refractivity contribution in [3.63, 3.8) is 0 Å². The normalized spacial score (nSPS) is 28.9. The summed E-state index contributed by atoms with van der Waals surface area (Å²) in [5.41, 5.74) is 3.09. The average molecular weight is 272 g/mol. The fraction of sp³-hybridized carbons (Fsp3) is 0.667. The molecule has 2 atom stereocenters. The minimum atomic E-state index is 0.502. The number of likely N-dealkylation sites (N-methyl/N-ethyl adjacent to an activating group) is 1. The summed E-state index contributed by atoms with van der Waals surface area (Å²) < 4.78 is 0. The van der Waals surface area contributed by atoms with Crippen molar-refractivity contribution in [3.8, 4) is 0 Å². The fourth-order valence-corrected chi connectivity index (χ4v) is 4.04. The number of nitrogens with one attached hydrogen (secondary N) is 1. The first-order valence-electron chi connectivity index (χ1n) is 8.28. The van der Waals surface area contributed by atoms with Gasteiger partial charge in [0.1, 0.15) is 0 Å². The van der Waals surface area contributed by atoms with E-state index in [9.17, 15) is 0 Å². The lowest BCUT2D eigenvalue weighted by molar-refractivity contribution is 0.107. The quantitative estimate of drug-likeness (QED) is 0.830. The van der Waals surface area contributed by atoms with Crippen molar-refractivity contribution >= 4 is 0 Å². The van der Waals surface area contributed by atoms with Gasteiger partial charge in [-0.25, -0.2) is 0 Å². The van der Waals surface area contributed by atoms with Crippen molar-refractivity contribution in [2.24, 2.45) is 5.92 Å².